The maximum atomic E-state index is 12.2. The molecule has 0 aliphatic carbocycles. The van der Waals surface area contributed by atoms with Gasteiger partial charge in [-0.3, -0.25) is 0 Å². The molecule has 3 aliphatic rings. The van der Waals surface area contributed by atoms with Gasteiger partial charge in [0.15, 0.2) is 0 Å². The van der Waals surface area contributed by atoms with Gasteiger partial charge in [-0.1, -0.05) is 0 Å². The average Bonchev–Trinajstić information content (AvgIpc) is 3.53. The Kier molecular flexibility index (Phi) is 7.76. The van der Waals surface area contributed by atoms with Crippen LogP contribution in [0.25, 0.3) is 0 Å². The molecule has 0 radical (unpaired) electrons. The molecular weight excluding hydrogens is 539 g/mol. The molecule has 1 aromatic rings. The van der Waals surface area contributed by atoms with Gasteiger partial charge < -0.3 is 0 Å². The van der Waals surface area contributed by atoms with Gasteiger partial charge in [0.05, 0.1) is 0 Å². The van der Waals surface area contributed by atoms with Crippen molar-refractivity contribution in [3.8, 4) is 0 Å². The summed E-state index contributed by atoms with van der Waals surface area (Å²) in [6, 6.07) is 0. The van der Waals surface area contributed by atoms with Crippen LogP contribution in [0.15, 0.2) is 12.4 Å². The van der Waals surface area contributed by atoms with E-state index in [2.05, 4.69) is 14.9 Å². The summed E-state index contributed by atoms with van der Waals surface area (Å²) in [4.78, 5) is 10.9. The first-order valence-corrected chi connectivity index (χ1v) is 15.4. The molecule has 0 bridgehead atoms. The minimum atomic E-state index is -3.06. The Morgan fingerprint density at radius 1 is 1.13 bits per heavy atom. The number of aromatic nitrogens is 2. The Balaban J connectivity index is 1.14. The third-order valence-corrected chi connectivity index (χ3v) is 12.4. The summed E-state index contributed by atoms with van der Waals surface area (Å²) < 4.78 is 33.9. The molecule has 10 heteroatoms. The second kappa shape index (κ2) is 10.1. The van der Waals surface area contributed by atoms with Gasteiger partial charge in [-0.2, -0.15) is 0 Å². The fraction of sp³-hybridized carbons (Fsp3) is 0.800. The zero-order valence-electron chi connectivity index (χ0n) is 17.4. The summed E-state index contributed by atoms with van der Waals surface area (Å²) >= 11 is 6.13. The molecule has 1 aromatic heterocycles. The van der Waals surface area contributed by atoms with E-state index >= 15 is 0 Å². The molecule has 3 aliphatic heterocycles. The zero-order valence-corrected chi connectivity index (χ0v) is 21.1. The number of hydrogen-bond donors (Lipinski definition) is 0. The fourth-order valence-corrected chi connectivity index (χ4v) is 9.43. The third-order valence-electron chi connectivity index (χ3n) is 6.21. The van der Waals surface area contributed by atoms with Gasteiger partial charge in [0.25, 0.3) is 0 Å². The van der Waals surface area contributed by atoms with Crippen LogP contribution >= 0.6 is 11.6 Å². The van der Waals surface area contributed by atoms with Gasteiger partial charge >= 0.3 is 196 Å². The molecule has 2 atom stereocenters. The van der Waals surface area contributed by atoms with E-state index in [1.54, 1.807) is 16.7 Å². The topological polar surface area (TPSA) is 75.6 Å². The van der Waals surface area contributed by atoms with Gasteiger partial charge in [-0.15, -0.1) is 0 Å². The molecule has 4 rings (SSSR count). The fourth-order valence-electron chi connectivity index (χ4n) is 4.45. The molecular formula is C20H31ClIN4O3S-. The van der Waals surface area contributed by atoms with Crippen LogP contribution in [0.4, 0.5) is 5.95 Å². The van der Waals surface area contributed by atoms with Crippen molar-refractivity contribution in [3.63, 3.8) is 0 Å². The van der Waals surface area contributed by atoms with Gasteiger partial charge in [0.1, 0.15) is 0 Å². The molecule has 0 unspecified atom stereocenters. The Morgan fingerprint density at radius 3 is 2.43 bits per heavy atom. The Bertz CT molecular complexity index is 797. The summed E-state index contributed by atoms with van der Waals surface area (Å²) in [5, 5.41) is 0.576. The van der Waals surface area contributed by atoms with E-state index in [4.69, 9.17) is 16.3 Å². The monoisotopic (exact) mass is 569 g/mol. The summed E-state index contributed by atoms with van der Waals surface area (Å²) in [6.45, 7) is 6.06. The van der Waals surface area contributed by atoms with Crippen LogP contribution in [-0.2, 0) is 14.8 Å². The van der Waals surface area contributed by atoms with Crippen LogP contribution in [0.5, 0.6) is 0 Å². The molecule has 3 fully saturated rings. The second-order valence-electron chi connectivity index (χ2n) is 8.36. The van der Waals surface area contributed by atoms with E-state index in [0.29, 0.717) is 24.5 Å². The Labute approximate surface area is 195 Å². The first kappa shape index (κ1) is 22.9. The Hall–Kier alpha value is -0.230. The van der Waals surface area contributed by atoms with Crippen molar-refractivity contribution >= 4 is 27.6 Å². The quantitative estimate of drug-likeness (QED) is 0.308. The number of halogens is 2. The second-order valence-corrected chi connectivity index (χ2v) is 14.6. The zero-order chi connectivity index (χ0) is 21.1. The minimum absolute atomic E-state index is 0.229. The van der Waals surface area contributed by atoms with E-state index in [1.807, 2.05) is 6.92 Å². The molecule has 4 heterocycles. The van der Waals surface area contributed by atoms with E-state index in [9.17, 15) is 8.42 Å². The first-order chi connectivity index (χ1) is 14.5. The average molecular weight is 570 g/mol. The summed E-state index contributed by atoms with van der Waals surface area (Å²) in [5.41, 5.74) is 0. The van der Waals surface area contributed by atoms with Crippen LogP contribution in [0, 0.1) is 5.92 Å². The van der Waals surface area contributed by atoms with Crippen molar-refractivity contribution in [1.82, 2.24) is 14.3 Å². The molecule has 7 nitrogen and oxygen atoms in total. The summed E-state index contributed by atoms with van der Waals surface area (Å²) in [7, 11) is -3.06. The summed E-state index contributed by atoms with van der Waals surface area (Å²) in [5.74, 6) is 1.86. The predicted octanol–water partition coefficient (Wildman–Crippen LogP) is -0.593. The number of piperidine rings is 2. The van der Waals surface area contributed by atoms with Crippen LogP contribution in [0.2, 0.25) is 5.02 Å². The van der Waals surface area contributed by atoms with Crippen molar-refractivity contribution in [2.24, 2.45) is 5.92 Å². The van der Waals surface area contributed by atoms with Gasteiger partial charge in [0.2, 0.25) is 0 Å². The van der Waals surface area contributed by atoms with E-state index in [0.717, 1.165) is 52.3 Å². The number of hydrogen-bond acceptors (Lipinski definition) is 6. The normalized spacial score (nSPS) is 27.1. The molecule has 0 aromatic carbocycles. The molecule has 170 valence electrons. The van der Waals surface area contributed by atoms with Crippen LogP contribution < -0.4 is 26.1 Å². The SMILES string of the molecule is CCCS(=O)(=O)N1CCC(OC[C@@H]2[I-][C@@H]2C2CCN(c3ncc(Cl)cn3)CC2)CC1. The number of anilines is 1. The standard InChI is InChI=1S/C20H31ClIN4O3S/c1-2-11-30(27,28)26-9-5-17(6-10-26)29-14-18-19(22-18)15-3-7-25(8-4-15)20-23-12-16(21)13-24-20/h12-13,15,17-19H,2-11,14H2,1H3/q-1/t18-,19+/m0/s1. The first-order valence-electron chi connectivity index (χ1n) is 10.9. The number of rotatable bonds is 8. The van der Waals surface area contributed by atoms with Crippen LogP contribution in [0.1, 0.15) is 39.0 Å². The maximum absolute atomic E-state index is 12.2. The molecule has 3 saturated heterocycles. The molecule has 30 heavy (non-hydrogen) atoms. The summed E-state index contributed by atoms with van der Waals surface area (Å²) in [6.07, 6.45) is 8.32. The number of sulfonamides is 1. The molecule has 0 amide bonds. The number of alkyl halides is 2. The molecule has 0 spiro atoms. The van der Waals surface area contributed by atoms with E-state index in [1.165, 1.54) is 12.8 Å². The van der Waals surface area contributed by atoms with Crippen molar-refractivity contribution in [2.45, 2.75) is 53.0 Å². The van der Waals surface area contributed by atoms with E-state index < -0.39 is 10.0 Å². The van der Waals surface area contributed by atoms with E-state index in [-0.39, 0.29) is 33.1 Å². The van der Waals surface area contributed by atoms with Gasteiger partial charge in [-0.05, 0) is 0 Å². The predicted molar refractivity (Wildman–Crippen MR) is 114 cm³/mol. The Morgan fingerprint density at radius 2 is 1.80 bits per heavy atom. The van der Waals surface area contributed by atoms with Crippen molar-refractivity contribution in [1.29, 1.82) is 0 Å². The third kappa shape index (κ3) is 5.76. The number of ether oxygens (including phenoxy) is 1. The van der Waals surface area contributed by atoms with Gasteiger partial charge in [-0.25, -0.2) is 0 Å². The van der Waals surface area contributed by atoms with Crippen LogP contribution in [0.3, 0.4) is 0 Å². The van der Waals surface area contributed by atoms with Crippen molar-refractivity contribution in [3.05, 3.63) is 17.4 Å². The number of nitrogens with zero attached hydrogens (tertiary/aromatic N) is 4. The van der Waals surface area contributed by atoms with Gasteiger partial charge in [0, 0.05) is 0 Å². The van der Waals surface area contributed by atoms with Crippen LogP contribution in [-0.4, -0.2) is 75.2 Å². The van der Waals surface area contributed by atoms with Crippen molar-refractivity contribution < 1.29 is 34.4 Å². The molecule has 0 N–H and O–H groups in total. The molecule has 0 saturated carbocycles. The van der Waals surface area contributed by atoms with Crippen molar-refractivity contribution in [2.75, 3.05) is 43.4 Å².